The smallest absolute Gasteiger partial charge is 0.313 e. The van der Waals surface area contributed by atoms with Gasteiger partial charge in [0.2, 0.25) is 0 Å². The highest BCUT2D eigenvalue weighted by Gasteiger charge is 2.17. The molecule has 1 aromatic rings. The van der Waals surface area contributed by atoms with Gasteiger partial charge in [-0.15, -0.1) is 0 Å². The first-order valence-corrected chi connectivity index (χ1v) is 5.21. The van der Waals surface area contributed by atoms with Crippen molar-refractivity contribution in [3.63, 3.8) is 0 Å². The Kier molecular flexibility index (Phi) is 3.88. The molecule has 0 spiro atoms. The Morgan fingerprint density at radius 2 is 2.29 bits per heavy atom. The number of nitro groups is 1. The molecule has 0 N–H and O–H groups in total. The number of ether oxygens (including phenoxy) is 1. The van der Waals surface area contributed by atoms with Crippen LogP contribution in [0.25, 0.3) is 0 Å². The molecule has 0 amide bonds. The summed E-state index contributed by atoms with van der Waals surface area (Å²) in [4.78, 5) is 10.3. The summed E-state index contributed by atoms with van der Waals surface area (Å²) in [7, 11) is 0. The van der Waals surface area contributed by atoms with Gasteiger partial charge in [0.05, 0.1) is 11.5 Å². The lowest BCUT2D eigenvalue weighted by Gasteiger charge is -2.05. The first-order chi connectivity index (χ1) is 6.66. The van der Waals surface area contributed by atoms with E-state index in [2.05, 4.69) is 15.9 Å². The van der Waals surface area contributed by atoms with E-state index in [9.17, 15) is 10.1 Å². The molecule has 14 heavy (non-hydrogen) atoms. The van der Waals surface area contributed by atoms with Gasteiger partial charge in [-0.05, 0) is 13.0 Å². The number of benzene rings is 1. The van der Waals surface area contributed by atoms with Gasteiger partial charge in [0, 0.05) is 10.9 Å². The molecular weight excluding hydrogens is 250 g/mol. The van der Waals surface area contributed by atoms with Gasteiger partial charge in [0.25, 0.3) is 0 Å². The Morgan fingerprint density at radius 1 is 1.57 bits per heavy atom. The summed E-state index contributed by atoms with van der Waals surface area (Å²) in [6, 6.07) is 5.04. The average molecular weight is 260 g/mol. The van der Waals surface area contributed by atoms with E-state index in [0.29, 0.717) is 23.2 Å². The van der Waals surface area contributed by atoms with E-state index >= 15 is 0 Å². The quantitative estimate of drug-likeness (QED) is 0.475. The van der Waals surface area contributed by atoms with Crippen LogP contribution in [0.2, 0.25) is 0 Å². The molecule has 0 bridgehead atoms. The minimum Gasteiger partial charge on any atom is -0.486 e. The molecule has 0 aromatic heterocycles. The molecule has 0 aliphatic heterocycles. The molecule has 0 saturated heterocycles. The molecule has 5 heteroatoms. The maximum Gasteiger partial charge on any atom is 0.313 e. The molecule has 76 valence electrons. The second-order valence-electron chi connectivity index (χ2n) is 2.72. The lowest BCUT2D eigenvalue weighted by Crippen LogP contribution is -2.02. The number of para-hydroxylation sites is 1. The first-order valence-electron chi connectivity index (χ1n) is 4.09. The zero-order chi connectivity index (χ0) is 10.6. The third-order valence-electron chi connectivity index (χ3n) is 1.72. The Hall–Kier alpha value is -1.10. The van der Waals surface area contributed by atoms with Crippen molar-refractivity contribution < 1.29 is 9.66 Å². The standard InChI is InChI=1S/C9H10BrNO3/c1-7-3-2-4-8(14-6-5-10)9(7)11(12)13/h2-4H,5-6H2,1H3. The minimum atomic E-state index is -0.418. The zero-order valence-corrected chi connectivity index (χ0v) is 9.28. The van der Waals surface area contributed by atoms with E-state index in [4.69, 9.17) is 4.74 Å². The van der Waals surface area contributed by atoms with E-state index in [-0.39, 0.29) is 5.69 Å². The van der Waals surface area contributed by atoms with Crippen LogP contribution in [0.1, 0.15) is 5.56 Å². The monoisotopic (exact) mass is 259 g/mol. The topological polar surface area (TPSA) is 52.4 Å². The Balaban J connectivity index is 3.02. The Morgan fingerprint density at radius 3 is 2.86 bits per heavy atom. The first kappa shape index (κ1) is 11.0. The van der Waals surface area contributed by atoms with Crippen LogP contribution in [0.4, 0.5) is 5.69 Å². The second kappa shape index (κ2) is 4.95. The van der Waals surface area contributed by atoms with Gasteiger partial charge in [0.1, 0.15) is 0 Å². The van der Waals surface area contributed by atoms with E-state index < -0.39 is 4.92 Å². The summed E-state index contributed by atoms with van der Waals surface area (Å²) in [5, 5.41) is 11.4. The molecule has 0 unspecified atom stereocenters. The number of rotatable bonds is 4. The van der Waals surface area contributed by atoms with Gasteiger partial charge in [-0.3, -0.25) is 10.1 Å². The molecule has 1 aromatic carbocycles. The minimum absolute atomic E-state index is 0.0495. The molecule has 0 heterocycles. The summed E-state index contributed by atoms with van der Waals surface area (Å²) >= 11 is 3.19. The highest BCUT2D eigenvalue weighted by Crippen LogP contribution is 2.29. The third-order valence-corrected chi connectivity index (χ3v) is 2.04. The molecule has 1 rings (SSSR count). The average Bonchev–Trinajstić information content (AvgIpc) is 2.14. The molecule has 0 radical (unpaired) electrons. The second-order valence-corrected chi connectivity index (χ2v) is 3.51. The predicted octanol–water partition coefficient (Wildman–Crippen LogP) is 2.68. The van der Waals surface area contributed by atoms with Crippen LogP contribution < -0.4 is 4.74 Å². The summed E-state index contributed by atoms with van der Waals surface area (Å²) in [5.41, 5.74) is 0.663. The number of halogens is 1. The molecule has 0 atom stereocenters. The van der Waals surface area contributed by atoms with Crippen LogP contribution in [-0.4, -0.2) is 16.9 Å². The molecule has 0 saturated carbocycles. The number of hydrogen-bond donors (Lipinski definition) is 0. The van der Waals surface area contributed by atoms with Crippen LogP contribution in [0.15, 0.2) is 18.2 Å². The number of alkyl halides is 1. The normalized spacial score (nSPS) is 9.86. The molecular formula is C9H10BrNO3. The van der Waals surface area contributed by atoms with Crippen molar-refractivity contribution in [2.75, 3.05) is 11.9 Å². The number of hydrogen-bond acceptors (Lipinski definition) is 3. The molecule has 0 aliphatic carbocycles. The lowest BCUT2D eigenvalue weighted by atomic mass is 10.2. The van der Waals surface area contributed by atoms with E-state index in [1.54, 1.807) is 25.1 Å². The van der Waals surface area contributed by atoms with Crippen molar-refractivity contribution in [2.45, 2.75) is 6.92 Å². The van der Waals surface area contributed by atoms with Crippen LogP contribution in [0.3, 0.4) is 0 Å². The van der Waals surface area contributed by atoms with Gasteiger partial charge < -0.3 is 4.74 Å². The summed E-state index contributed by atoms with van der Waals surface area (Å²) in [6.45, 7) is 2.11. The van der Waals surface area contributed by atoms with Gasteiger partial charge in [-0.2, -0.15) is 0 Å². The third kappa shape index (κ3) is 2.45. The van der Waals surface area contributed by atoms with Gasteiger partial charge in [-0.25, -0.2) is 0 Å². The molecule has 0 fully saturated rings. The summed E-state index contributed by atoms with van der Waals surface area (Å²) in [6.07, 6.45) is 0. The van der Waals surface area contributed by atoms with Crippen molar-refractivity contribution in [1.29, 1.82) is 0 Å². The number of nitro benzene ring substituents is 1. The van der Waals surface area contributed by atoms with Gasteiger partial charge >= 0.3 is 5.69 Å². The highest BCUT2D eigenvalue weighted by atomic mass is 79.9. The van der Waals surface area contributed by atoms with Crippen molar-refractivity contribution in [2.24, 2.45) is 0 Å². The van der Waals surface area contributed by atoms with Crippen molar-refractivity contribution in [1.82, 2.24) is 0 Å². The van der Waals surface area contributed by atoms with Crippen LogP contribution in [0.5, 0.6) is 5.75 Å². The maximum absolute atomic E-state index is 10.7. The highest BCUT2D eigenvalue weighted by molar-refractivity contribution is 9.09. The lowest BCUT2D eigenvalue weighted by molar-refractivity contribution is -0.386. The van der Waals surface area contributed by atoms with Crippen molar-refractivity contribution in [3.8, 4) is 5.75 Å². The molecule has 4 nitrogen and oxygen atoms in total. The predicted molar refractivity (Wildman–Crippen MR) is 57.1 cm³/mol. The van der Waals surface area contributed by atoms with E-state index in [0.717, 1.165) is 0 Å². The number of nitrogens with zero attached hydrogens (tertiary/aromatic N) is 1. The largest absolute Gasteiger partial charge is 0.486 e. The summed E-state index contributed by atoms with van der Waals surface area (Å²) in [5.74, 6) is 0.328. The van der Waals surface area contributed by atoms with Crippen LogP contribution >= 0.6 is 15.9 Å². The van der Waals surface area contributed by atoms with E-state index in [1.807, 2.05) is 0 Å². The molecule has 0 aliphatic rings. The van der Waals surface area contributed by atoms with Crippen molar-refractivity contribution in [3.05, 3.63) is 33.9 Å². The maximum atomic E-state index is 10.7. The SMILES string of the molecule is Cc1cccc(OCCBr)c1[N+](=O)[O-]. The fourth-order valence-electron chi connectivity index (χ4n) is 1.13. The Labute approximate surface area is 90.2 Å². The Bertz CT molecular complexity index is 341. The number of aryl methyl sites for hydroxylation is 1. The van der Waals surface area contributed by atoms with Crippen molar-refractivity contribution >= 4 is 21.6 Å². The van der Waals surface area contributed by atoms with Gasteiger partial charge in [0.15, 0.2) is 5.75 Å². The summed E-state index contributed by atoms with van der Waals surface area (Å²) < 4.78 is 5.24. The van der Waals surface area contributed by atoms with Gasteiger partial charge in [-0.1, -0.05) is 28.1 Å². The fraction of sp³-hybridized carbons (Fsp3) is 0.333. The zero-order valence-electron chi connectivity index (χ0n) is 7.70. The van der Waals surface area contributed by atoms with E-state index in [1.165, 1.54) is 0 Å². The fourth-order valence-corrected chi connectivity index (χ4v) is 1.29. The van der Waals surface area contributed by atoms with Crippen LogP contribution in [0, 0.1) is 17.0 Å². The van der Waals surface area contributed by atoms with Crippen LogP contribution in [-0.2, 0) is 0 Å².